The van der Waals surface area contributed by atoms with Gasteiger partial charge in [0.1, 0.15) is 0 Å². The molecule has 2 rings (SSSR count). The van der Waals surface area contributed by atoms with Crippen LogP contribution in [0.5, 0.6) is 0 Å². The van der Waals surface area contributed by atoms with E-state index in [1.165, 1.54) is 13.4 Å². The van der Waals surface area contributed by atoms with E-state index in [1.54, 1.807) is 0 Å². The van der Waals surface area contributed by atoms with Gasteiger partial charge in [0, 0.05) is 29.2 Å². The van der Waals surface area contributed by atoms with Gasteiger partial charge in [-0.1, -0.05) is 0 Å². The van der Waals surface area contributed by atoms with Gasteiger partial charge in [0.05, 0.1) is 13.4 Å². The molecule has 0 atom stereocenters. The highest BCUT2D eigenvalue weighted by Gasteiger charge is 2.37. The van der Waals surface area contributed by atoms with E-state index in [-0.39, 0.29) is 16.8 Å². The van der Waals surface area contributed by atoms with Gasteiger partial charge >= 0.3 is 5.97 Å². The third kappa shape index (κ3) is 4.08. The summed E-state index contributed by atoms with van der Waals surface area (Å²) in [6.07, 6.45) is 3.61. The summed E-state index contributed by atoms with van der Waals surface area (Å²) in [5.74, 6) is -0.139. The Kier molecular flexibility index (Phi) is 4.44. The molecule has 0 aromatic carbocycles. The lowest BCUT2D eigenvalue weighted by Crippen LogP contribution is -2.61. The number of methoxy groups -OCH3 is 1. The van der Waals surface area contributed by atoms with Gasteiger partial charge in [-0.3, -0.25) is 0 Å². The van der Waals surface area contributed by atoms with Crippen molar-refractivity contribution < 1.29 is 13.9 Å². The lowest BCUT2D eigenvalue weighted by atomic mass is 9.79. The second-order valence-corrected chi connectivity index (χ2v) is 7.15. The molecule has 0 amide bonds. The molecule has 2 N–H and O–H groups in total. The minimum atomic E-state index is -0.428. The minimum Gasteiger partial charge on any atom is -0.463 e. The molecule has 1 fully saturated rings. The van der Waals surface area contributed by atoms with Crippen molar-refractivity contribution in [3.05, 3.63) is 23.7 Å². The van der Waals surface area contributed by atoms with E-state index in [4.69, 9.17) is 9.15 Å². The van der Waals surface area contributed by atoms with Crippen LogP contribution in [0, 0.1) is 0 Å². The molecule has 2 heterocycles. The summed E-state index contributed by atoms with van der Waals surface area (Å²) in [5, 5.41) is 7.21. The number of nitrogens with one attached hydrogen (secondary N) is 2. The van der Waals surface area contributed by atoms with Crippen molar-refractivity contribution in [3.63, 3.8) is 0 Å². The summed E-state index contributed by atoms with van der Waals surface area (Å²) in [7, 11) is 1.36. The van der Waals surface area contributed by atoms with Gasteiger partial charge in [-0.2, -0.15) is 0 Å². The SMILES string of the molecule is COC(=O)c1occc1CNC1CC(C)(C)NC(C)(C)C1. The van der Waals surface area contributed by atoms with Crippen LogP contribution in [0.1, 0.15) is 56.7 Å². The smallest absolute Gasteiger partial charge is 0.374 e. The van der Waals surface area contributed by atoms with Gasteiger partial charge in [-0.05, 0) is 46.6 Å². The summed E-state index contributed by atoms with van der Waals surface area (Å²) in [4.78, 5) is 11.6. The number of rotatable bonds is 4. The van der Waals surface area contributed by atoms with E-state index in [2.05, 4.69) is 38.3 Å². The van der Waals surface area contributed by atoms with E-state index in [1.807, 2.05) is 6.07 Å². The standard InChI is InChI=1S/C16H26N2O3/c1-15(2)8-12(9-16(3,4)18-15)17-10-11-6-7-21-13(11)14(19)20-5/h6-7,12,17-18H,8-10H2,1-5H3. The molecular formula is C16H26N2O3. The van der Waals surface area contributed by atoms with E-state index >= 15 is 0 Å². The molecule has 1 aliphatic rings. The zero-order valence-corrected chi connectivity index (χ0v) is 13.6. The molecule has 0 radical (unpaired) electrons. The van der Waals surface area contributed by atoms with Gasteiger partial charge in [-0.25, -0.2) is 4.79 Å². The first-order valence-electron chi connectivity index (χ1n) is 7.40. The summed E-state index contributed by atoms with van der Waals surface area (Å²) in [6.45, 7) is 9.50. The summed E-state index contributed by atoms with van der Waals surface area (Å²) >= 11 is 0. The average Bonchev–Trinajstić information content (AvgIpc) is 2.80. The Bertz CT molecular complexity index is 489. The van der Waals surface area contributed by atoms with Crippen LogP contribution in [-0.2, 0) is 11.3 Å². The van der Waals surface area contributed by atoms with Crippen LogP contribution in [0.3, 0.4) is 0 Å². The fourth-order valence-corrected chi connectivity index (χ4v) is 3.47. The van der Waals surface area contributed by atoms with Crippen LogP contribution < -0.4 is 10.6 Å². The number of piperidine rings is 1. The number of carbonyl (C=O) groups is 1. The Morgan fingerprint density at radius 1 is 1.38 bits per heavy atom. The molecule has 1 saturated heterocycles. The lowest BCUT2D eigenvalue weighted by Gasteiger charge is -2.46. The van der Waals surface area contributed by atoms with Gasteiger partial charge in [0.15, 0.2) is 0 Å². The van der Waals surface area contributed by atoms with Gasteiger partial charge < -0.3 is 19.8 Å². The highest BCUT2D eigenvalue weighted by Crippen LogP contribution is 2.28. The maximum atomic E-state index is 11.6. The Labute approximate surface area is 126 Å². The Morgan fingerprint density at radius 3 is 2.57 bits per heavy atom. The first-order valence-corrected chi connectivity index (χ1v) is 7.40. The first-order chi connectivity index (χ1) is 9.72. The molecule has 5 nitrogen and oxygen atoms in total. The van der Waals surface area contributed by atoms with Crippen molar-refractivity contribution in [1.82, 2.24) is 10.6 Å². The number of carbonyl (C=O) groups excluding carboxylic acids is 1. The van der Waals surface area contributed by atoms with E-state index in [0.29, 0.717) is 12.6 Å². The summed E-state index contributed by atoms with van der Waals surface area (Å²) in [6, 6.07) is 2.22. The van der Waals surface area contributed by atoms with E-state index in [0.717, 1.165) is 18.4 Å². The van der Waals surface area contributed by atoms with E-state index in [9.17, 15) is 4.79 Å². The molecule has 0 saturated carbocycles. The fourth-order valence-electron chi connectivity index (χ4n) is 3.47. The highest BCUT2D eigenvalue weighted by atomic mass is 16.5. The third-order valence-electron chi connectivity index (χ3n) is 3.89. The average molecular weight is 294 g/mol. The number of hydrogen-bond acceptors (Lipinski definition) is 5. The number of furan rings is 1. The molecule has 21 heavy (non-hydrogen) atoms. The predicted octanol–water partition coefficient (Wildman–Crippen LogP) is 2.46. The van der Waals surface area contributed by atoms with Crippen LogP contribution in [0.25, 0.3) is 0 Å². The molecule has 0 spiro atoms. The molecule has 0 unspecified atom stereocenters. The molecule has 118 valence electrons. The van der Waals surface area contributed by atoms with Gasteiger partial charge in [0.25, 0.3) is 0 Å². The molecule has 1 aromatic heterocycles. The predicted molar refractivity (Wildman–Crippen MR) is 81.2 cm³/mol. The molecule has 5 heteroatoms. The topological polar surface area (TPSA) is 63.5 Å². The summed E-state index contributed by atoms with van der Waals surface area (Å²) < 4.78 is 9.93. The largest absolute Gasteiger partial charge is 0.463 e. The van der Waals surface area contributed by atoms with Crippen LogP contribution in [0.4, 0.5) is 0 Å². The molecule has 0 bridgehead atoms. The quantitative estimate of drug-likeness (QED) is 0.835. The number of hydrogen-bond donors (Lipinski definition) is 2. The second-order valence-electron chi connectivity index (χ2n) is 7.15. The van der Waals surface area contributed by atoms with Crippen LogP contribution in [0.2, 0.25) is 0 Å². The van der Waals surface area contributed by atoms with Crippen molar-refractivity contribution in [3.8, 4) is 0 Å². The second kappa shape index (κ2) is 5.81. The zero-order chi connectivity index (χ0) is 15.7. The van der Waals surface area contributed by atoms with Gasteiger partial charge in [-0.15, -0.1) is 0 Å². The Morgan fingerprint density at radius 2 is 2.00 bits per heavy atom. The first kappa shape index (κ1) is 16.0. The molecule has 1 aliphatic heterocycles. The Balaban J connectivity index is 2.00. The monoisotopic (exact) mass is 294 g/mol. The zero-order valence-electron chi connectivity index (χ0n) is 13.6. The number of ether oxygens (including phenoxy) is 1. The van der Waals surface area contributed by atoms with Crippen molar-refractivity contribution in [2.45, 2.75) is 64.2 Å². The fraction of sp³-hybridized carbons (Fsp3) is 0.688. The van der Waals surface area contributed by atoms with Crippen LogP contribution >= 0.6 is 0 Å². The highest BCUT2D eigenvalue weighted by molar-refractivity contribution is 5.87. The summed E-state index contributed by atoms with van der Waals surface area (Å²) in [5.41, 5.74) is 1.04. The molecular weight excluding hydrogens is 268 g/mol. The maximum absolute atomic E-state index is 11.6. The Hall–Kier alpha value is -1.33. The number of esters is 1. The lowest BCUT2D eigenvalue weighted by molar-refractivity contribution is 0.0562. The van der Waals surface area contributed by atoms with Crippen molar-refractivity contribution in [2.24, 2.45) is 0 Å². The van der Waals surface area contributed by atoms with Gasteiger partial charge in [0.2, 0.25) is 5.76 Å². The van der Waals surface area contributed by atoms with Crippen molar-refractivity contribution in [2.75, 3.05) is 7.11 Å². The maximum Gasteiger partial charge on any atom is 0.374 e. The molecule has 1 aromatic rings. The third-order valence-corrected chi connectivity index (χ3v) is 3.89. The normalized spacial score (nSPS) is 21.2. The van der Waals surface area contributed by atoms with E-state index < -0.39 is 5.97 Å². The molecule has 0 aliphatic carbocycles. The van der Waals surface area contributed by atoms with Crippen molar-refractivity contribution >= 4 is 5.97 Å². The van der Waals surface area contributed by atoms with Crippen molar-refractivity contribution in [1.29, 1.82) is 0 Å². The minimum absolute atomic E-state index is 0.0982. The van der Waals surface area contributed by atoms with Crippen LogP contribution in [-0.4, -0.2) is 30.2 Å². The van der Waals surface area contributed by atoms with Crippen LogP contribution in [0.15, 0.2) is 16.7 Å².